The molecule has 1 atom stereocenters. The number of hydrazone groups is 1. The molecule has 0 aromatic heterocycles. The molecule has 1 unspecified atom stereocenters. The molecule has 0 saturated carbocycles. The molecular formula is C19H23N5O5. The summed E-state index contributed by atoms with van der Waals surface area (Å²) in [6, 6.07) is 3.38. The minimum absolute atomic E-state index is 0.00289. The fourth-order valence-electron chi connectivity index (χ4n) is 3.51. The smallest absolute Gasteiger partial charge is 0.407 e. The van der Waals surface area contributed by atoms with Gasteiger partial charge in [-0.3, -0.25) is 4.79 Å². The van der Waals surface area contributed by atoms with Crippen molar-refractivity contribution < 1.29 is 24.2 Å². The largest absolute Gasteiger partial charge is 0.501 e. The standard InChI is InChI=1S/C19H23N5O5/c1-3-28-5-4-12-6-16-15(7-14(12)20-13-8-23(9-13)19(26)27)24-11(2)18(25)22-21-17(24)10-29-16/h4-7,11,13,20H,3,8-10H2,1-2H3,(H,22,25)(H,26,27)/b5-4+. The molecule has 10 heteroatoms. The van der Waals surface area contributed by atoms with Gasteiger partial charge in [-0.25, -0.2) is 10.2 Å². The lowest BCUT2D eigenvalue weighted by Crippen LogP contribution is -2.57. The van der Waals surface area contributed by atoms with Crippen LogP contribution in [0.5, 0.6) is 5.75 Å². The SMILES string of the molecule is CCO/C=C/c1cc2c(cc1NC1CN(C(=O)O)C1)N1C(=NNC(=O)C1C)CO2. The third kappa shape index (κ3) is 3.53. The van der Waals surface area contributed by atoms with Crippen LogP contribution < -0.4 is 20.4 Å². The van der Waals surface area contributed by atoms with Crippen LogP contribution in [0, 0.1) is 0 Å². The quantitative estimate of drug-likeness (QED) is 0.640. The Morgan fingerprint density at radius 2 is 2.28 bits per heavy atom. The summed E-state index contributed by atoms with van der Waals surface area (Å²) in [5.41, 5.74) is 4.90. The highest BCUT2D eigenvalue weighted by Gasteiger charge is 2.36. The molecule has 3 N–H and O–H groups in total. The van der Waals surface area contributed by atoms with Crippen LogP contribution in [0.4, 0.5) is 16.2 Å². The second-order valence-corrected chi connectivity index (χ2v) is 7.03. The number of hydrogen-bond acceptors (Lipinski definition) is 7. The van der Waals surface area contributed by atoms with Gasteiger partial charge in [0, 0.05) is 24.3 Å². The predicted octanol–water partition coefficient (Wildman–Crippen LogP) is 1.50. The van der Waals surface area contributed by atoms with E-state index in [1.54, 1.807) is 6.26 Å². The van der Waals surface area contributed by atoms with Crippen LogP contribution in [0.1, 0.15) is 19.4 Å². The molecule has 0 bridgehead atoms. The average molecular weight is 401 g/mol. The van der Waals surface area contributed by atoms with Crippen molar-refractivity contribution in [3.8, 4) is 5.75 Å². The number of amidine groups is 1. The molecule has 1 fully saturated rings. The van der Waals surface area contributed by atoms with Gasteiger partial charge in [0.15, 0.2) is 5.84 Å². The molecule has 0 radical (unpaired) electrons. The summed E-state index contributed by atoms with van der Waals surface area (Å²) in [5, 5.41) is 16.6. The van der Waals surface area contributed by atoms with Crippen molar-refractivity contribution in [3.63, 3.8) is 0 Å². The highest BCUT2D eigenvalue weighted by molar-refractivity contribution is 6.09. The number of ether oxygens (including phenoxy) is 2. The van der Waals surface area contributed by atoms with E-state index >= 15 is 0 Å². The summed E-state index contributed by atoms with van der Waals surface area (Å²) < 4.78 is 11.2. The molecule has 0 spiro atoms. The number of carboxylic acid groups (broad SMARTS) is 1. The van der Waals surface area contributed by atoms with Crippen LogP contribution in [0.2, 0.25) is 0 Å². The third-order valence-corrected chi connectivity index (χ3v) is 5.11. The fraction of sp³-hybridized carbons (Fsp3) is 0.421. The lowest BCUT2D eigenvalue weighted by molar-refractivity contribution is -0.122. The number of nitrogens with one attached hydrogen (secondary N) is 2. The van der Waals surface area contributed by atoms with Crippen molar-refractivity contribution in [2.24, 2.45) is 5.10 Å². The van der Waals surface area contributed by atoms with Crippen molar-refractivity contribution in [1.29, 1.82) is 0 Å². The predicted molar refractivity (Wildman–Crippen MR) is 107 cm³/mol. The van der Waals surface area contributed by atoms with Crippen molar-refractivity contribution >= 4 is 35.3 Å². The van der Waals surface area contributed by atoms with E-state index < -0.39 is 12.1 Å². The summed E-state index contributed by atoms with van der Waals surface area (Å²) in [4.78, 5) is 26.4. The zero-order valence-electron chi connectivity index (χ0n) is 16.2. The number of nitrogens with zero attached hydrogens (tertiary/aromatic N) is 3. The number of carbonyl (C=O) groups is 2. The van der Waals surface area contributed by atoms with Crippen LogP contribution in [-0.2, 0) is 9.53 Å². The van der Waals surface area contributed by atoms with Crippen molar-refractivity contribution in [2.45, 2.75) is 25.9 Å². The Labute approximate surface area is 167 Å². The number of fused-ring (bicyclic) bond motifs is 3. The first-order chi connectivity index (χ1) is 14.0. The molecule has 1 aromatic rings. The minimum Gasteiger partial charge on any atom is -0.501 e. The number of rotatable bonds is 5. The van der Waals surface area contributed by atoms with Gasteiger partial charge in [-0.1, -0.05) is 0 Å². The van der Waals surface area contributed by atoms with Crippen LogP contribution in [0.15, 0.2) is 23.5 Å². The normalized spacial score (nSPS) is 20.8. The Bertz CT molecular complexity index is 893. The van der Waals surface area contributed by atoms with Crippen LogP contribution in [-0.4, -0.2) is 66.2 Å². The first kappa shape index (κ1) is 18.9. The summed E-state index contributed by atoms with van der Waals surface area (Å²) in [6.07, 6.45) is 2.52. The number of likely N-dealkylation sites (tertiary alicyclic amines) is 1. The molecule has 3 aliphatic heterocycles. The second-order valence-electron chi connectivity index (χ2n) is 7.03. The molecule has 10 nitrogen and oxygen atoms in total. The number of benzene rings is 1. The zero-order valence-corrected chi connectivity index (χ0v) is 16.2. The maximum absolute atomic E-state index is 12.1. The molecule has 2 amide bonds. The van der Waals surface area contributed by atoms with Crippen LogP contribution in [0.25, 0.3) is 6.08 Å². The molecule has 3 heterocycles. The van der Waals surface area contributed by atoms with E-state index in [4.69, 9.17) is 14.6 Å². The summed E-state index contributed by atoms with van der Waals surface area (Å²) >= 11 is 0. The van der Waals surface area contributed by atoms with Crippen LogP contribution >= 0.6 is 0 Å². The Morgan fingerprint density at radius 1 is 1.48 bits per heavy atom. The topological polar surface area (TPSA) is 116 Å². The van der Waals surface area contributed by atoms with Gasteiger partial charge >= 0.3 is 6.09 Å². The molecule has 3 aliphatic rings. The van der Waals surface area contributed by atoms with Gasteiger partial charge in [0.1, 0.15) is 18.4 Å². The van der Waals surface area contributed by atoms with Gasteiger partial charge in [0.25, 0.3) is 5.91 Å². The number of carbonyl (C=O) groups excluding carboxylic acids is 1. The Kier molecular flexibility index (Phi) is 4.91. The van der Waals surface area contributed by atoms with Crippen LogP contribution in [0.3, 0.4) is 0 Å². The van der Waals surface area contributed by atoms with E-state index in [9.17, 15) is 9.59 Å². The number of anilines is 2. The minimum atomic E-state index is -0.924. The van der Waals surface area contributed by atoms with E-state index in [0.717, 1.165) is 16.9 Å². The van der Waals surface area contributed by atoms with E-state index in [1.165, 1.54) is 4.90 Å². The molecule has 29 heavy (non-hydrogen) atoms. The Balaban J connectivity index is 1.67. The molecular weight excluding hydrogens is 378 g/mol. The highest BCUT2D eigenvalue weighted by atomic mass is 16.5. The fourth-order valence-corrected chi connectivity index (χ4v) is 3.51. The van der Waals surface area contributed by atoms with E-state index in [1.807, 2.05) is 37.0 Å². The molecule has 1 aromatic carbocycles. The van der Waals surface area contributed by atoms with Gasteiger partial charge < -0.3 is 29.7 Å². The first-order valence-electron chi connectivity index (χ1n) is 9.47. The first-order valence-corrected chi connectivity index (χ1v) is 9.47. The lowest BCUT2D eigenvalue weighted by Gasteiger charge is -2.40. The third-order valence-electron chi connectivity index (χ3n) is 5.11. The van der Waals surface area contributed by atoms with Crippen molar-refractivity contribution in [2.75, 3.05) is 36.5 Å². The number of amides is 2. The van der Waals surface area contributed by atoms with Crippen molar-refractivity contribution in [1.82, 2.24) is 10.3 Å². The lowest BCUT2D eigenvalue weighted by atomic mass is 10.0. The second kappa shape index (κ2) is 7.53. The van der Waals surface area contributed by atoms with E-state index in [0.29, 0.717) is 31.3 Å². The summed E-state index contributed by atoms with van der Waals surface area (Å²) in [7, 11) is 0. The molecule has 1 saturated heterocycles. The highest BCUT2D eigenvalue weighted by Crippen LogP contribution is 2.40. The van der Waals surface area contributed by atoms with Gasteiger partial charge in [-0.15, -0.1) is 0 Å². The summed E-state index contributed by atoms with van der Waals surface area (Å²) in [6.45, 7) is 5.34. The average Bonchev–Trinajstić information content (AvgIpc) is 2.66. The maximum Gasteiger partial charge on any atom is 0.407 e. The molecule has 154 valence electrons. The molecule has 0 aliphatic carbocycles. The number of hydrogen-bond donors (Lipinski definition) is 3. The van der Waals surface area contributed by atoms with Crippen molar-refractivity contribution in [3.05, 3.63) is 24.0 Å². The Morgan fingerprint density at radius 3 is 3.00 bits per heavy atom. The van der Waals surface area contributed by atoms with Gasteiger partial charge in [-0.05, 0) is 32.1 Å². The molecule has 4 rings (SSSR count). The van der Waals surface area contributed by atoms with Gasteiger partial charge in [0.2, 0.25) is 0 Å². The van der Waals surface area contributed by atoms with Gasteiger partial charge in [-0.2, -0.15) is 5.10 Å². The maximum atomic E-state index is 12.1. The van der Waals surface area contributed by atoms with E-state index in [2.05, 4.69) is 15.8 Å². The van der Waals surface area contributed by atoms with E-state index in [-0.39, 0.29) is 18.6 Å². The van der Waals surface area contributed by atoms with Gasteiger partial charge in [0.05, 0.1) is 24.6 Å². The zero-order chi connectivity index (χ0) is 20.5. The Hall–Kier alpha value is -3.43. The summed E-state index contributed by atoms with van der Waals surface area (Å²) in [5.74, 6) is 1.09. The monoisotopic (exact) mass is 401 g/mol.